The highest BCUT2D eigenvalue weighted by Gasteiger charge is 2.20. The minimum absolute atomic E-state index is 0.113. The van der Waals surface area contributed by atoms with Crippen molar-refractivity contribution in [3.05, 3.63) is 35.7 Å². The Labute approximate surface area is 118 Å². The normalized spacial score (nSPS) is 10.8. The fourth-order valence-electron chi connectivity index (χ4n) is 1.95. The van der Waals surface area contributed by atoms with E-state index in [-0.39, 0.29) is 5.91 Å². The smallest absolute Gasteiger partial charge is 0.276 e. The highest BCUT2D eigenvalue weighted by atomic mass is 16.5. The van der Waals surface area contributed by atoms with Gasteiger partial charge in [0.1, 0.15) is 11.6 Å². The van der Waals surface area contributed by atoms with Gasteiger partial charge in [0.2, 0.25) is 0 Å². The summed E-state index contributed by atoms with van der Waals surface area (Å²) in [4.78, 5) is 18.5. The van der Waals surface area contributed by atoms with E-state index in [0.29, 0.717) is 24.5 Å². The largest absolute Gasteiger partial charge is 0.361 e. The van der Waals surface area contributed by atoms with Crippen LogP contribution in [-0.2, 0) is 13.6 Å². The molecule has 2 aromatic rings. The van der Waals surface area contributed by atoms with Crippen molar-refractivity contribution >= 4 is 5.91 Å². The van der Waals surface area contributed by atoms with Crippen LogP contribution < -0.4 is 0 Å². The summed E-state index contributed by atoms with van der Waals surface area (Å²) in [6, 6.07) is 1.67. The zero-order chi connectivity index (χ0) is 14.5. The van der Waals surface area contributed by atoms with Crippen LogP contribution >= 0.6 is 0 Å². The fourth-order valence-corrected chi connectivity index (χ4v) is 1.95. The van der Waals surface area contributed by atoms with Gasteiger partial charge in [-0.2, -0.15) is 0 Å². The van der Waals surface area contributed by atoms with Gasteiger partial charge in [-0.1, -0.05) is 18.5 Å². The molecule has 20 heavy (non-hydrogen) atoms. The Balaban J connectivity index is 2.14. The first kappa shape index (κ1) is 14.3. The lowest BCUT2D eigenvalue weighted by molar-refractivity contribution is 0.0724. The number of aryl methyl sites for hydroxylation is 2. The minimum atomic E-state index is -0.113. The predicted molar refractivity (Wildman–Crippen MR) is 74.1 cm³/mol. The molecule has 0 bridgehead atoms. The number of hydrogen-bond donors (Lipinski definition) is 0. The summed E-state index contributed by atoms with van der Waals surface area (Å²) in [5.41, 5.74) is 0.354. The second-order valence-electron chi connectivity index (χ2n) is 4.86. The zero-order valence-electron chi connectivity index (χ0n) is 12.2. The molecule has 2 rings (SSSR count). The SMILES string of the molecule is CCCCN(Cc1nccn1C)C(=O)c1cc(C)on1. The third kappa shape index (κ3) is 3.26. The van der Waals surface area contributed by atoms with Crippen molar-refractivity contribution in [3.63, 3.8) is 0 Å². The monoisotopic (exact) mass is 276 g/mol. The molecule has 0 saturated carbocycles. The second kappa shape index (κ2) is 6.36. The first-order chi connectivity index (χ1) is 9.61. The van der Waals surface area contributed by atoms with Crippen LogP contribution in [0.3, 0.4) is 0 Å². The average molecular weight is 276 g/mol. The van der Waals surface area contributed by atoms with E-state index in [4.69, 9.17) is 4.52 Å². The summed E-state index contributed by atoms with van der Waals surface area (Å²) in [5.74, 6) is 1.38. The average Bonchev–Trinajstić information content (AvgIpc) is 3.03. The summed E-state index contributed by atoms with van der Waals surface area (Å²) < 4.78 is 6.90. The number of imidazole rings is 1. The van der Waals surface area contributed by atoms with Crippen molar-refractivity contribution in [3.8, 4) is 0 Å². The summed E-state index contributed by atoms with van der Waals surface area (Å²) in [7, 11) is 1.92. The van der Waals surface area contributed by atoms with E-state index in [1.807, 2.05) is 17.8 Å². The summed E-state index contributed by atoms with van der Waals surface area (Å²) in [6.07, 6.45) is 5.59. The van der Waals surface area contributed by atoms with Crippen molar-refractivity contribution in [2.75, 3.05) is 6.54 Å². The molecular weight excluding hydrogens is 256 g/mol. The summed E-state index contributed by atoms with van der Waals surface area (Å²) in [5, 5.41) is 3.80. The molecule has 2 heterocycles. The van der Waals surface area contributed by atoms with Gasteiger partial charge in [0.05, 0.1) is 6.54 Å². The molecule has 0 radical (unpaired) electrons. The number of carbonyl (C=O) groups is 1. The number of hydrogen-bond acceptors (Lipinski definition) is 4. The zero-order valence-corrected chi connectivity index (χ0v) is 12.2. The Kier molecular flexibility index (Phi) is 4.55. The summed E-state index contributed by atoms with van der Waals surface area (Å²) in [6.45, 7) is 5.05. The topological polar surface area (TPSA) is 64.2 Å². The van der Waals surface area contributed by atoms with E-state index in [1.165, 1.54) is 0 Å². The molecule has 0 aromatic carbocycles. The van der Waals surface area contributed by atoms with Crippen LogP contribution in [-0.4, -0.2) is 32.1 Å². The third-order valence-corrected chi connectivity index (χ3v) is 3.17. The first-order valence-electron chi connectivity index (χ1n) is 6.80. The Morgan fingerprint density at radius 3 is 2.85 bits per heavy atom. The van der Waals surface area contributed by atoms with Crippen molar-refractivity contribution in [1.29, 1.82) is 0 Å². The quantitative estimate of drug-likeness (QED) is 0.811. The van der Waals surface area contributed by atoms with Gasteiger partial charge in [-0.25, -0.2) is 4.98 Å². The molecule has 6 nitrogen and oxygen atoms in total. The van der Waals surface area contributed by atoms with Crippen molar-refractivity contribution in [1.82, 2.24) is 19.6 Å². The molecule has 6 heteroatoms. The molecule has 0 atom stereocenters. The van der Waals surface area contributed by atoms with E-state index in [9.17, 15) is 4.79 Å². The van der Waals surface area contributed by atoms with E-state index < -0.39 is 0 Å². The summed E-state index contributed by atoms with van der Waals surface area (Å²) >= 11 is 0. The van der Waals surface area contributed by atoms with Crippen LogP contribution in [0.2, 0.25) is 0 Å². The number of aromatic nitrogens is 3. The Bertz CT molecular complexity index is 573. The van der Waals surface area contributed by atoms with Gasteiger partial charge in [-0.3, -0.25) is 4.79 Å². The molecule has 2 aromatic heterocycles. The van der Waals surface area contributed by atoms with Crippen LogP contribution in [0.4, 0.5) is 0 Å². The highest BCUT2D eigenvalue weighted by Crippen LogP contribution is 2.10. The molecule has 0 fully saturated rings. The van der Waals surface area contributed by atoms with Gasteiger partial charge in [0.25, 0.3) is 5.91 Å². The van der Waals surface area contributed by atoms with Crippen LogP contribution in [0.15, 0.2) is 23.0 Å². The molecule has 0 spiro atoms. The Morgan fingerprint density at radius 1 is 1.50 bits per heavy atom. The lowest BCUT2D eigenvalue weighted by Gasteiger charge is -2.21. The van der Waals surface area contributed by atoms with E-state index >= 15 is 0 Å². The van der Waals surface area contributed by atoms with Gasteiger partial charge >= 0.3 is 0 Å². The molecule has 0 saturated heterocycles. The molecule has 1 amide bonds. The van der Waals surface area contributed by atoms with E-state index in [2.05, 4.69) is 17.1 Å². The van der Waals surface area contributed by atoms with Crippen LogP contribution in [0, 0.1) is 6.92 Å². The lowest BCUT2D eigenvalue weighted by Crippen LogP contribution is -2.32. The number of amides is 1. The molecule has 0 aliphatic rings. The number of rotatable bonds is 6. The number of nitrogens with zero attached hydrogens (tertiary/aromatic N) is 4. The van der Waals surface area contributed by atoms with Gasteiger partial charge in [0.15, 0.2) is 5.69 Å². The second-order valence-corrected chi connectivity index (χ2v) is 4.86. The van der Waals surface area contributed by atoms with E-state index in [1.54, 1.807) is 24.1 Å². The molecule has 0 aliphatic heterocycles. The standard InChI is InChI=1S/C14H20N4O2/c1-4-5-7-18(10-13-15-6-8-17(13)3)14(19)12-9-11(2)20-16-12/h6,8-9H,4-5,7,10H2,1-3H3. The van der Waals surface area contributed by atoms with Gasteiger partial charge < -0.3 is 14.0 Å². The minimum Gasteiger partial charge on any atom is -0.361 e. The molecule has 108 valence electrons. The van der Waals surface area contributed by atoms with Gasteiger partial charge in [0, 0.05) is 32.1 Å². The lowest BCUT2D eigenvalue weighted by atomic mass is 10.2. The highest BCUT2D eigenvalue weighted by molar-refractivity contribution is 5.92. The predicted octanol–water partition coefficient (Wildman–Crippen LogP) is 2.16. The van der Waals surface area contributed by atoms with Crippen LogP contribution in [0.25, 0.3) is 0 Å². The van der Waals surface area contributed by atoms with E-state index in [0.717, 1.165) is 18.7 Å². The maximum absolute atomic E-state index is 12.5. The van der Waals surface area contributed by atoms with Crippen LogP contribution in [0.1, 0.15) is 41.8 Å². The Morgan fingerprint density at radius 2 is 2.30 bits per heavy atom. The molecule has 0 aliphatic carbocycles. The van der Waals surface area contributed by atoms with Gasteiger partial charge in [-0.15, -0.1) is 0 Å². The number of carbonyl (C=O) groups excluding carboxylic acids is 1. The third-order valence-electron chi connectivity index (χ3n) is 3.17. The van der Waals surface area contributed by atoms with Crippen molar-refractivity contribution < 1.29 is 9.32 Å². The fraction of sp³-hybridized carbons (Fsp3) is 0.500. The van der Waals surface area contributed by atoms with Gasteiger partial charge in [-0.05, 0) is 13.3 Å². The first-order valence-corrected chi connectivity index (χ1v) is 6.80. The maximum Gasteiger partial charge on any atom is 0.276 e. The Hall–Kier alpha value is -2.11. The van der Waals surface area contributed by atoms with Crippen LogP contribution in [0.5, 0.6) is 0 Å². The number of unbranched alkanes of at least 4 members (excludes halogenated alkanes) is 1. The maximum atomic E-state index is 12.5. The van der Waals surface area contributed by atoms with Crippen molar-refractivity contribution in [2.45, 2.75) is 33.2 Å². The molecular formula is C14H20N4O2. The van der Waals surface area contributed by atoms with Crippen molar-refractivity contribution in [2.24, 2.45) is 7.05 Å². The molecule has 0 N–H and O–H groups in total. The molecule has 0 unspecified atom stereocenters.